The minimum absolute atomic E-state index is 0.197. The van der Waals surface area contributed by atoms with Gasteiger partial charge < -0.3 is 20.7 Å². The Hall–Kier alpha value is -0.810. The van der Waals surface area contributed by atoms with Gasteiger partial charge in [-0.25, -0.2) is 4.79 Å². The van der Waals surface area contributed by atoms with Crippen LogP contribution in [-0.2, 0) is 4.74 Å². The Labute approximate surface area is 109 Å². The van der Waals surface area contributed by atoms with Crippen LogP contribution in [0.1, 0.15) is 40.0 Å². The summed E-state index contributed by atoms with van der Waals surface area (Å²) in [7, 11) is 0. The van der Waals surface area contributed by atoms with Gasteiger partial charge in [-0.05, 0) is 40.0 Å². The van der Waals surface area contributed by atoms with Gasteiger partial charge in [-0.2, -0.15) is 0 Å². The van der Waals surface area contributed by atoms with Crippen molar-refractivity contribution in [3.8, 4) is 0 Å². The molecule has 5 heteroatoms. The highest BCUT2D eigenvalue weighted by atomic mass is 16.6. The number of hydrogen-bond acceptors (Lipinski definition) is 4. The summed E-state index contributed by atoms with van der Waals surface area (Å²) in [6.07, 6.45) is 2.92. The molecule has 1 amide bonds. The number of likely N-dealkylation sites (tertiary alicyclic amines) is 1. The van der Waals surface area contributed by atoms with Gasteiger partial charge in [-0.15, -0.1) is 0 Å². The van der Waals surface area contributed by atoms with Gasteiger partial charge >= 0.3 is 6.09 Å². The molecule has 3 N–H and O–H groups in total. The van der Waals surface area contributed by atoms with Crippen molar-refractivity contribution in [1.29, 1.82) is 0 Å². The monoisotopic (exact) mass is 255 g/mol. The fourth-order valence-corrected chi connectivity index (χ4v) is 2.52. The Morgan fingerprint density at radius 3 is 2.56 bits per heavy atom. The number of amides is 1. The molecule has 1 unspecified atom stereocenters. The van der Waals surface area contributed by atoms with Crippen LogP contribution in [0.25, 0.3) is 0 Å². The standard InChI is InChI=1S/C13H25N3O2/c1-13(2,3)18-12(17)16-5-4-10(8-16)15-11-6-9(14)7-11/h9-11,15H,4-8,14H2,1-3H3. The van der Waals surface area contributed by atoms with Gasteiger partial charge in [0.2, 0.25) is 0 Å². The van der Waals surface area contributed by atoms with Crippen LogP contribution in [0.4, 0.5) is 4.79 Å². The van der Waals surface area contributed by atoms with Crippen LogP contribution in [0.2, 0.25) is 0 Å². The SMILES string of the molecule is CC(C)(C)OC(=O)N1CCC(NC2CC(N)C2)C1. The van der Waals surface area contributed by atoms with Gasteiger partial charge in [-0.1, -0.05) is 0 Å². The van der Waals surface area contributed by atoms with Crippen molar-refractivity contribution in [3.63, 3.8) is 0 Å². The van der Waals surface area contributed by atoms with Crippen LogP contribution in [0.3, 0.4) is 0 Å². The van der Waals surface area contributed by atoms with Gasteiger partial charge in [0, 0.05) is 31.2 Å². The molecule has 0 aromatic carbocycles. The summed E-state index contributed by atoms with van der Waals surface area (Å²) in [4.78, 5) is 13.7. The number of nitrogens with two attached hydrogens (primary N) is 1. The largest absolute Gasteiger partial charge is 0.444 e. The van der Waals surface area contributed by atoms with Crippen LogP contribution in [-0.4, -0.2) is 47.8 Å². The van der Waals surface area contributed by atoms with Gasteiger partial charge in [0.05, 0.1) is 0 Å². The van der Waals surface area contributed by atoms with E-state index >= 15 is 0 Å². The fraction of sp³-hybridized carbons (Fsp3) is 0.923. The lowest BCUT2D eigenvalue weighted by Gasteiger charge is -2.35. The zero-order valence-corrected chi connectivity index (χ0v) is 11.6. The van der Waals surface area contributed by atoms with Crippen molar-refractivity contribution in [2.24, 2.45) is 5.73 Å². The smallest absolute Gasteiger partial charge is 0.410 e. The highest BCUT2D eigenvalue weighted by Gasteiger charge is 2.33. The highest BCUT2D eigenvalue weighted by Crippen LogP contribution is 2.21. The predicted octanol–water partition coefficient (Wildman–Crippen LogP) is 1.08. The molecular weight excluding hydrogens is 230 g/mol. The molecule has 1 saturated heterocycles. The Balaban J connectivity index is 1.72. The third kappa shape index (κ3) is 3.59. The maximum Gasteiger partial charge on any atom is 0.410 e. The van der Waals surface area contributed by atoms with Crippen LogP contribution in [0.5, 0.6) is 0 Å². The van der Waals surface area contributed by atoms with Crippen molar-refractivity contribution < 1.29 is 9.53 Å². The molecule has 1 heterocycles. The quantitative estimate of drug-likeness (QED) is 0.774. The minimum Gasteiger partial charge on any atom is -0.444 e. The molecule has 2 aliphatic rings. The maximum absolute atomic E-state index is 11.9. The van der Waals surface area contributed by atoms with E-state index in [-0.39, 0.29) is 6.09 Å². The van der Waals surface area contributed by atoms with Gasteiger partial charge in [0.15, 0.2) is 0 Å². The Morgan fingerprint density at radius 1 is 1.33 bits per heavy atom. The van der Waals surface area contributed by atoms with Crippen LogP contribution in [0, 0.1) is 0 Å². The zero-order valence-electron chi connectivity index (χ0n) is 11.6. The molecule has 104 valence electrons. The molecule has 0 aromatic heterocycles. The van der Waals surface area contributed by atoms with E-state index in [9.17, 15) is 4.79 Å². The van der Waals surface area contributed by atoms with E-state index in [0.29, 0.717) is 18.1 Å². The lowest BCUT2D eigenvalue weighted by Crippen LogP contribution is -2.52. The summed E-state index contributed by atoms with van der Waals surface area (Å²) >= 11 is 0. The molecule has 2 fully saturated rings. The fourth-order valence-electron chi connectivity index (χ4n) is 2.52. The molecule has 0 spiro atoms. The maximum atomic E-state index is 11.9. The van der Waals surface area contributed by atoms with Gasteiger partial charge in [0.25, 0.3) is 0 Å². The highest BCUT2D eigenvalue weighted by molar-refractivity contribution is 5.68. The van der Waals surface area contributed by atoms with Crippen LogP contribution >= 0.6 is 0 Å². The van der Waals surface area contributed by atoms with E-state index in [1.165, 1.54) is 0 Å². The molecule has 1 aliphatic carbocycles. The first-order chi connectivity index (χ1) is 8.33. The topological polar surface area (TPSA) is 67.6 Å². The minimum atomic E-state index is -0.413. The predicted molar refractivity (Wildman–Crippen MR) is 70.3 cm³/mol. The number of hydrogen-bond donors (Lipinski definition) is 2. The summed E-state index contributed by atoms with van der Waals surface area (Å²) in [5, 5.41) is 3.56. The molecular formula is C13H25N3O2. The zero-order chi connectivity index (χ0) is 13.3. The number of carbonyl (C=O) groups is 1. The second kappa shape index (κ2) is 5.05. The van der Waals surface area contributed by atoms with E-state index < -0.39 is 5.60 Å². The normalized spacial score (nSPS) is 32.2. The van der Waals surface area contributed by atoms with E-state index in [1.54, 1.807) is 4.90 Å². The van der Waals surface area contributed by atoms with Crippen molar-refractivity contribution in [1.82, 2.24) is 10.2 Å². The number of nitrogens with one attached hydrogen (secondary N) is 1. The second-order valence-electron chi connectivity index (χ2n) is 6.51. The molecule has 18 heavy (non-hydrogen) atoms. The van der Waals surface area contributed by atoms with Gasteiger partial charge in [-0.3, -0.25) is 0 Å². The lowest BCUT2D eigenvalue weighted by atomic mass is 9.87. The van der Waals surface area contributed by atoms with E-state index in [1.807, 2.05) is 20.8 Å². The summed E-state index contributed by atoms with van der Waals surface area (Å²) in [5.74, 6) is 0. The average molecular weight is 255 g/mol. The molecule has 0 aromatic rings. The summed E-state index contributed by atoms with van der Waals surface area (Å²) in [5.41, 5.74) is 5.35. The Kier molecular flexibility index (Phi) is 3.82. The first-order valence-electron chi connectivity index (χ1n) is 6.83. The third-order valence-electron chi connectivity index (χ3n) is 3.49. The lowest BCUT2D eigenvalue weighted by molar-refractivity contribution is 0.0289. The average Bonchev–Trinajstić information content (AvgIpc) is 2.61. The van der Waals surface area contributed by atoms with E-state index in [2.05, 4.69) is 5.32 Å². The number of carbonyl (C=O) groups excluding carboxylic acids is 1. The molecule has 1 atom stereocenters. The molecule has 5 nitrogen and oxygen atoms in total. The van der Waals surface area contributed by atoms with Crippen LogP contribution in [0.15, 0.2) is 0 Å². The van der Waals surface area contributed by atoms with E-state index in [0.717, 1.165) is 32.4 Å². The Bertz CT molecular complexity index is 308. The van der Waals surface area contributed by atoms with Crippen molar-refractivity contribution in [3.05, 3.63) is 0 Å². The molecule has 0 bridgehead atoms. The number of nitrogens with zero attached hydrogens (tertiary/aromatic N) is 1. The third-order valence-corrected chi connectivity index (χ3v) is 3.49. The van der Waals surface area contributed by atoms with Crippen LogP contribution < -0.4 is 11.1 Å². The molecule has 2 rings (SSSR count). The molecule has 1 aliphatic heterocycles. The summed E-state index contributed by atoms with van der Waals surface area (Å²) < 4.78 is 5.37. The van der Waals surface area contributed by atoms with Crippen molar-refractivity contribution >= 4 is 6.09 Å². The number of rotatable bonds is 2. The van der Waals surface area contributed by atoms with Crippen molar-refractivity contribution in [2.45, 2.75) is 63.8 Å². The first-order valence-corrected chi connectivity index (χ1v) is 6.83. The summed E-state index contributed by atoms with van der Waals surface area (Å²) in [6, 6.07) is 1.31. The van der Waals surface area contributed by atoms with Crippen molar-refractivity contribution in [2.75, 3.05) is 13.1 Å². The Morgan fingerprint density at radius 2 is 2.00 bits per heavy atom. The number of ether oxygens (including phenoxy) is 1. The second-order valence-corrected chi connectivity index (χ2v) is 6.51. The first kappa shape index (κ1) is 13.6. The summed E-state index contributed by atoms with van der Waals surface area (Å²) in [6.45, 7) is 7.22. The van der Waals surface area contributed by atoms with Gasteiger partial charge in [0.1, 0.15) is 5.60 Å². The molecule has 0 radical (unpaired) electrons. The van der Waals surface area contributed by atoms with E-state index in [4.69, 9.17) is 10.5 Å². The molecule has 1 saturated carbocycles.